The average molecular weight is 219 g/mol. The molecule has 16 heavy (non-hydrogen) atoms. The molecular weight excluding hydrogens is 206 g/mol. The molecule has 2 atom stereocenters. The van der Waals surface area contributed by atoms with Crippen LogP contribution in [0.25, 0.3) is 0 Å². The van der Waals surface area contributed by atoms with Crippen LogP contribution in [-0.2, 0) is 9.57 Å². The summed E-state index contributed by atoms with van der Waals surface area (Å²) in [4.78, 5) is 5.33. The van der Waals surface area contributed by atoms with Crippen LogP contribution in [0.1, 0.15) is 5.56 Å². The zero-order valence-corrected chi connectivity index (χ0v) is 9.05. The van der Waals surface area contributed by atoms with E-state index in [1.54, 1.807) is 7.11 Å². The maximum atomic E-state index is 5.38. The summed E-state index contributed by atoms with van der Waals surface area (Å²) in [6.45, 7) is 1.35. The SMILES string of the molecule is COc1ccc(C2=NOC3COCC23)cc1. The number of fused-ring (bicyclic) bond motifs is 1. The third-order valence-electron chi connectivity index (χ3n) is 3.05. The molecular formula is C12H13NO3. The Morgan fingerprint density at radius 3 is 2.81 bits per heavy atom. The third kappa shape index (κ3) is 1.46. The molecule has 2 aliphatic rings. The molecule has 1 fully saturated rings. The predicted octanol–water partition coefficient (Wildman–Crippen LogP) is 1.44. The molecule has 0 saturated carbocycles. The fraction of sp³-hybridized carbons (Fsp3) is 0.417. The summed E-state index contributed by atoms with van der Waals surface area (Å²) in [6.07, 6.45) is 0.108. The number of benzene rings is 1. The highest BCUT2D eigenvalue weighted by molar-refractivity contribution is 6.03. The van der Waals surface area contributed by atoms with Crippen molar-refractivity contribution in [1.29, 1.82) is 0 Å². The van der Waals surface area contributed by atoms with Crippen LogP contribution in [0.15, 0.2) is 29.4 Å². The van der Waals surface area contributed by atoms with Gasteiger partial charge in [0.25, 0.3) is 0 Å². The van der Waals surface area contributed by atoms with Gasteiger partial charge in [-0.3, -0.25) is 0 Å². The Balaban J connectivity index is 1.86. The van der Waals surface area contributed by atoms with Gasteiger partial charge in [0, 0.05) is 5.56 Å². The van der Waals surface area contributed by atoms with Crippen LogP contribution < -0.4 is 4.74 Å². The first-order valence-corrected chi connectivity index (χ1v) is 5.34. The third-order valence-corrected chi connectivity index (χ3v) is 3.05. The molecule has 0 bridgehead atoms. The number of hydrogen-bond donors (Lipinski definition) is 0. The van der Waals surface area contributed by atoms with E-state index in [2.05, 4.69) is 5.16 Å². The monoisotopic (exact) mass is 219 g/mol. The van der Waals surface area contributed by atoms with E-state index in [9.17, 15) is 0 Å². The second-order valence-corrected chi connectivity index (χ2v) is 3.99. The second-order valence-electron chi connectivity index (χ2n) is 3.99. The maximum absolute atomic E-state index is 5.38. The van der Waals surface area contributed by atoms with Gasteiger partial charge in [-0.15, -0.1) is 0 Å². The highest BCUT2D eigenvalue weighted by atomic mass is 16.7. The van der Waals surface area contributed by atoms with E-state index in [-0.39, 0.29) is 12.0 Å². The molecule has 2 heterocycles. The Labute approximate surface area is 93.8 Å². The first-order valence-electron chi connectivity index (χ1n) is 5.34. The van der Waals surface area contributed by atoms with Gasteiger partial charge in [-0.25, -0.2) is 0 Å². The zero-order valence-electron chi connectivity index (χ0n) is 9.05. The molecule has 3 rings (SSSR count). The minimum absolute atomic E-state index is 0.108. The minimum atomic E-state index is 0.108. The Hall–Kier alpha value is -1.55. The van der Waals surface area contributed by atoms with Gasteiger partial charge in [0.2, 0.25) is 0 Å². The van der Waals surface area contributed by atoms with Gasteiger partial charge in [-0.1, -0.05) is 5.16 Å². The largest absolute Gasteiger partial charge is 0.497 e. The van der Waals surface area contributed by atoms with Crippen LogP contribution in [0, 0.1) is 5.92 Å². The van der Waals surface area contributed by atoms with Gasteiger partial charge in [0.05, 0.1) is 32.0 Å². The molecule has 0 radical (unpaired) electrons. The fourth-order valence-corrected chi connectivity index (χ4v) is 2.11. The number of methoxy groups -OCH3 is 1. The van der Waals surface area contributed by atoms with Crippen molar-refractivity contribution in [3.05, 3.63) is 29.8 Å². The average Bonchev–Trinajstić information content (AvgIpc) is 2.91. The van der Waals surface area contributed by atoms with Crippen LogP contribution >= 0.6 is 0 Å². The fourth-order valence-electron chi connectivity index (χ4n) is 2.11. The van der Waals surface area contributed by atoms with Gasteiger partial charge in [-0.05, 0) is 24.3 Å². The highest BCUT2D eigenvalue weighted by Crippen LogP contribution is 2.28. The standard InChI is InChI=1S/C12H13NO3/c1-14-9-4-2-8(3-5-9)12-10-6-15-7-11(10)16-13-12/h2-5,10-11H,6-7H2,1H3. The Bertz CT molecular complexity index is 413. The molecule has 0 amide bonds. The Morgan fingerprint density at radius 2 is 2.06 bits per heavy atom. The van der Waals surface area contributed by atoms with E-state index < -0.39 is 0 Å². The zero-order chi connectivity index (χ0) is 11.0. The minimum Gasteiger partial charge on any atom is -0.497 e. The van der Waals surface area contributed by atoms with E-state index in [4.69, 9.17) is 14.3 Å². The van der Waals surface area contributed by atoms with Crippen molar-refractivity contribution < 1.29 is 14.3 Å². The topological polar surface area (TPSA) is 40.0 Å². The molecule has 4 nitrogen and oxygen atoms in total. The summed E-state index contributed by atoms with van der Waals surface area (Å²) in [5, 5.41) is 4.14. The van der Waals surface area contributed by atoms with Crippen LogP contribution in [0.3, 0.4) is 0 Å². The normalized spacial score (nSPS) is 27.2. The van der Waals surface area contributed by atoms with Crippen LogP contribution in [0.4, 0.5) is 0 Å². The van der Waals surface area contributed by atoms with E-state index >= 15 is 0 Å². The molecule has 1 aromatic carbocycles. The van der Waals surface area contributed by atoms with Crippen LogP contribution in [0.2, 0.25) is 0 Å². The summed E-state index contributed by atoms with van der Waals surface area (Å²) in [5.74, 6) is 1.14. The van der Waals surface area contributed by atoms with E-state index in [1.807, 2.05) is 24.3 Å². The van der Waals surface area contributed by atoms with Gasteiger partial charge in [-0.2, -0.15) is 0 Å². The summed E-state index contributed by atoms with van der Waals surface area (Å²) in [6, 6.07) is 7.87. The van der Waals surface area contributed by atoms with E-state index in [1.165, 1.54) is 0 Å². The van der Waals surface area contributed by atoms with Crippen molar-refractivity contribution in [3.8, 4) is 5.75 Å². The summed E-state index contributed by atoms with van der Waals surface area (Å²) < 4.78 is 10.5. The predicted molar refractivity (Wildman–Crippen MR) is 58.7 cm³/mol. The van der Waals surface area contributed by atoms with E-state index in [0.29, 0.717) is 13.2 Å². The maximum Gasteiger partial charge on any atom is 0.161 e. The Kier molecular flexibility index (Phi) is 2.29. The molecule has 0 aliphatic carbocycles. The smallest absolute Gasteiger partial charge is 0.161 e. The van der Waals surface area contributed by atoms with Crippen LogP contribution in [-0.4, -0.2) is 32.1 Å². The number of hydrogen-bond acceptors (Lipinski definition) is 4. The summed E-state index contributed by atoms with van der Waals surface area (Å²) in [7, 11) is 1.66. The first kappa shape index (κ1) is 9.66. The first-order chi connectivity index (χ1) is 7.88. The number of rotatable bonds is 2. The molecule has 0 spiro atoms. The van der Waals surface area contributed by atoms with Gasteiger partial charge in [0.1, 0.15) is 5.75 Å². The molecule has 0 aromatic heterocycles. The Morgan fingerprint density at radius 1 is 1.25 bits per heavy atom. The van der Waals surface area contributed by atoms with Crippen molar-refractivity contribution in [1.82, 2.24) is 0 Å². The summed E-state index contributed by atoms with van der Waals surface area (Å²) >= 11 is 0. The quantitative estimate of drug-likeness (QED) is 0.755. The van der Waals surface area contributed by atoms with Crippen molar-refractivity contribution in [2.24, 2.45) is 11.1 Å². The van der Waals surface area contributed by atoms with Gasteiger partial charge >= 0.3 is 0 Å². The molecule has 0 N–H and O–H groups in total. The van der Waals surface area contributed by atoms with Crippen LogP contribution in [0.5, 0.6) is 5.75 Å². The lowest BCUT2D eigenvalue weighted by Gasteiger charge is -2.07. The highest BCUT2D eigenvalue weighted by Gasteiger charge is 2.39. The molecule has 84 valence electrons. The molecule has 4 heteroatoms. The summed E-state index contributed by atoms with van der Waals surface area (Å²) in [5.41, 5.74) is 2.07. The van der Waals surface area contributed by atoms with Crippen molar-refractivity contribution in [2.75, 3.05) is 20.3 Å². The lowest BCUT2D eigenvalue weighted by molar-refractivity contribution is 0.0558. The van der Waals surface area contributed by atoms with Crippen molar-refractivity contribution >= 4 is 5.71 Å². The molecule has 1 saturated heterocycles. The number of ether oxygens (including phenoxy) is 2. The lowest BCUT2D eigenvalue weighted by atomic mass is 9.95. The van der Waals surface area contributed by atoms with E-state index in [0.717, 1.165) is 17.0 Å². The van der Waals surface area contributed by atoms with Crippen molar-refractivity contribution in [2.45, 2.75) is 6.10 Å². The van der Waals surface area contributed by atoms with Gasteiger partial charge < -0.3 is 14.3 Å². The van der Waals surface area contributed by atoms with Crippen molar-refractivity contribution in [3.63, 3.8) is 0 Å². The molecule has 2 unspecified atom stereocenters. The number of nitrogens with zero attached hydrogens (tertiary/aromatic N) is 1. The second kappa shape index (κ2) is 3.79. The molecule has 2 aliphatic heterocycles. The molecule has 1 aromatic rings. The number of oxime groups is 1. The van der Waals surface area contributed by atoms with Gasteiger partial charge in [0.15, 0.2) is 6.10 Å². The lowest BCUT2D eigenvalue weighted by Crippen LogP contribution is -2.21.